The lowest BCUT2D eigenvalue weighted by atomic mass is 10.0. The first-order valence-corrected chi connectivity index (χ1v) is 10.00. The summed E-state index contributed by atoms with van der Waals surface area (Å²) in [4.78, 5) is 4.96. The monoisotopic (exact) mass is 358 g/mol. The lowest BCUT2D eigenvalue weighted by Crippen LogP contribution is -2.50. The Morgan fingerprint density at radius 3 is 1.38 bits per heavy atom. The number of piperidine rings is 2. The SMILES string of the molecule is CC(C)N1CCC(NC(NC2CCN(C(C)C)CC2)=C(C#N)C#N)CC1. The van der Waals surface area contributed by atoms with Gasteiger partial charge in [0.05, 0.1) is 0 Å². The lowest BCUT2D eigenvalue weighted by Gasteiger charge is -2.38. The van der Waals surface area contributed by atoms with Gasteiger partial charge in [-0.3, -0.25) is 0 Å². The quantitative estimate of drug-likeness (QED) is 0.709. The van der Waals surface area contributed by atoms with Crippen LogP contribution in [-0.4, -0.2) is 60.1 Å². The Morgan fingerprint density at radius 2 is 1.12 bits per heavy atom. The van der Waals surface area contributed by atoms with E-state index in [9.17, 15) is 10.5 Å². The van der Waals surface area contributed by atoms with E-state index < -0.39 is 0 Å². The van der Waals surface area contributed by atoms with E-state index in [1.165, 1.54) is 0 Å². The summed E-state index contributed by atoms with van der Waals surface area (Å²) in [6.45, 7) is 13.2. The zero-order chi connectivity index (χ0) is 19.1. The van der Waals surface area contributed by atoms with Crippen molar-refractivity contribution in [2.75, 3.05) is 26.2 Å². The van der Waals surface area contributed by atoms with Crippen LogP contribution >= 0.6 is 0 Å². The van der Waals surface area contributed by atoms with Crippen molar-refractivity contribution in [3.05, 3.63) is 11.4 Å². The van der Waals surface area contributed by atoms with Gasteiger partial charge >= 0.3 is 0 Å². The van der Waals surface area contributed by atoms with Gasteiger partial charge in [0.2, 0.25) is 0 Å². The first-order chi connectivity index (χ1) is 12.4. The molecule has 0 atom stereocenters. The number of hydrogen-bond donors (Lipinski definition) is 2. The molecule has 2 aliphatic heterocycles. The number of nitriles is 2. The van der Waals surface area contributed by atoms with Crippen LogP contribution in [0.25, 0.3) is 0 Å². The summed E-state index contributed by atoms with van der Waals surface area (Å²) in [6, 6.07) is 5.90. The van der Waals surface area contributed by atoms with Crippen molar-refractivity contribution in [1.29, 1.82) is 10.5 Å². The number of nitrogens with one attached hydrogen (secondary N) is 2. The Balaban J connectivity index is 1.95. The van der Waals surface area contributed by atoms with Gasteiger partial charge in [0.1, 0.15) is 18.0 Å². The summed E-state index contributed by atoms with van der Waals surface area (Å²) in [5.74, 6) is 0.640. The van der Waals surface area contributed by atoms with E-state index in [1.807, 2.05) is 0 Å². The van der Waals surface area contributed by atoms with Crippen molar-refractivity contribution < 1.29 is 0 Å². The van der Waals surface area contributed by atoms with Crippen LogP contribution in [0.1, 0.15) is 53.4 Å². The van der Waals surface area contributed by atoms with Gasteiger partial charge < -0.3 is 20.4 Å². The van der Waals surface area contributed by atoms with Crippen molar-refractivity contribution in [2.45, 2.75) is 77.5 Å². The van der Waals surface area contributed by atoms with Gasteiger partial charge in [0.15, 0.2) is 5.57 Å². The summed E-state index contributed by atoms with van der Waals surface area (Å²) >= 11 is 0. The van der Waals surface area contributed by atoms with Gasteiger partial charge in [-0.25, -0.2) is 0 Å². The van der Waals surface area contributed by atoms with Crippen LogP contribution in [-0.2, 0) is 0 Å². The molecule has 0 unspecified atom stereocenters. The molecule has 2 saturated heterocycles. The van der Waals surface area contributed by atoms with Crippen LogP contribution < -0.4 is 10.6 Å². The van der Waals surface area contributed by atoms with E-state index in [-0.39, 0.29) is 5.57 Å². The van der Waals surface area contributed by atoms with E-state index in [0.29, 0.717) is 30.0 Å². The average molecular weight is 359 g/mol. The number of hydrogen-bond acceptors (Lipinski definition) is 6. The van der Waals surface area contributed by atoms with E-state index in [0.717, 1.165) is 51.9 Å². The first-order valence-electron chi connectivity index (χ1n) is 10.00. The molecule has 0 radical (unpaired) electrons. The Bertz CT molecular complexity index is 504. The minimum atomic E-state index is 0.169. The van der Waals surface area contributed by atoms with Gasteiger partial charge in [-0.1, -0.05) is 0 Å². The van der Waals surface area contributed by atoms with Crippen molar-refractivity contribution >= 4 is 0 Å². The number of rotatable bonds is 6. The second-order valence-corrected chi connectivity index (χ2v) is 8.07. The molecule has 0 bridgehead atoms. The molecule has 0 spiro atoms. The Morgan fingerprint density at radius 1 is 0.769 bits per heavy atom. The van der Waals surface area contributed by atoms with Gasteiger partial charge in [0.25, 0.3) is 0 Å². The highest BCUT2D eigenvalue weighted by Gasteiger charge is 2.25. The van der Waals surface area contributed by atoms with E-state index in [2.05, 4.69) is 60.3 Å². The van der Waals surface area contributed by atoms with Crippen LogP contribution in [0.15, 0.2) is 11.4 Å². The maximum atomic E-state index is 9.36. The highest BCUT2D eigenvalue weighted by Crippen LogP contribution is 2.17. The van der Waals surface area contributed by atoms with E-state index in [1.54, 1.807) is 0 Å². The smallest absolute Gasteiger partial charge is 0.169 e. The molecule has 0 aliphatic carbocycles. The molecule has 26 heavy (non-hydrogen) atoms. The van der Waals surface area contributed by atoms with Crippen LogP contribution in [0.4, 0.5) is 0 Å². The predicted molar refractivity (Wildman–Crippen MR) is 104 cm³/mol. The van der Waals surface area contributed by atoms with Gasteiger partial charge in [-0.2, -0.15) is 10.5 Å². The molecular formula is C20H34N6. The largest absolute Gasteiger partial charge is 0.367 e. The van der Waals surface area contributed by atoms with Crippen molar-refractivity contribution in [3.8, 4) is 12.1 Å². The molecule has 2 aliphatic rings. The molecule has 2 heterocycles. The Hall–Kier alpha value is -1.76. The maximum Gasteiger partial charge on any atom is 0.169 e. The highest BCUT2D eigenvalue weighted by atomic mass is 15.2. The van der Waals surface area contributed by atoms with Crippen LogP contribution in [0.5, 0.6) is 0 Å². The summed E-state index contributed by atoms with van der Waals surface area (Å²) in [6.07, 6.45) is 4.16. The fourth-order valence-corrected chi connectivity index (χ4v) is 3.85. The highest BCUT2D eigenvalue weighted by molar-refractivity contribution is 5.39. The van der Waals surface area contributed by atoms with Crippen molar-refractivity contribution in [3.63, 3.8) is 0 Å². The van der Waals surface area contributed by atoms with Crippen LogP contribution in [0, 0.1) is 22.7 Å². The third-order valence-electron chi connectivity index (χ3n) is 5.69. The minimum absolute atomic E-state index is 0.169. The molecule has 2 rings (SSSR count). The van der Waals surface area contributed by atoms with Crippen LogP contribution in [0.2, 0.25) is 0 Å². The fraction of sp³-hybridized carbons (Fsp3) is 0.800. The van der Waals surface area contributed by atoms with Crippen LogP contribution in [0.3, 0.4) is 0 Å². The molecule has 0 saturated carbocycles. The topological polar surface area (TPSA) is 78.1 Å². The zero-order valence-electron chi connectivity index (χ0n) is 16.8. The van der Waals surface area contributed by atoms with Gasteiger partial charge in [0, 0.05) is 50.3 Å². The molecule has 0 amide bonds. The minimum Gasteiger partial charge on any atom is -0.367 e. The molecule has 0 aromatic rings. The summed E-state index contributed by atoms with van der Waals surface area (Å²) < 4.78 is 0. The zero-order valence-corrected chi connectivity index (χ0v) is 16.8. The normalized spacial score (nSPS) is 20.6. The number of likely N-dealkylation sites (tertiary alicyclic amines) is 2. The molecule has 2 fully saturated rings. The second-order valence-electron chi connectivity index (χ2n) is 8.07. The Kier molecular flexibility index (Phi) is 7.75. The van der Waals surface area contributed by atoms with Gasteiger partial charge in [-0.05, 0) is 53.4 Å². The van der Waals surface area contributed by atoms with E-state index in [4.69, 9.17) is 0 Å². The number of allylic oxidation sites excluding steroid dienone is 1. The molecule has 6 heteroatoms. The number of nitrogens with zero attached hydrogens (tertiary/aromatic N) is 4. The molecule has 0 aromatic carbocycles. The van der Waals surface area contributed by atoms with Gasteiger partial charge in [-0.15, -0.1) is 0 Å². The second kappa shape index (κ2) is 9.80. The fourth-order valence-electron chi connectivity index (χ4n) is 3.85. The van der Waals surface area contributed by atoms with Crippen molar-refractivity contribution in [1.82, 2.24) is 20.4 Å². The lowest BCUT2D eigenvalue weighted by molar-refractivity contribution is 0.156. The molecule has 2 N–H and O–H groups in total. The third kappa shape index (κ3) is 5.62. The molecule has 144 valence electrons. The van der Waals surface area contributed by atoms with E-state index >= 15 is 0 Å². The van der Waals surface area contributed by atoms with Crippen molar-refractivity contribution in [2.24, 2.45) is 0 Å². The maximum absolute atomic E-state index is 9.36. The summed E-state index contributed by atoms with van der Waals surface area (Å²) in [7, 11) is 0. The third-order valence-corrected chi connectivity index (χ3v) is 5.69. The molecule has 6 nitrogen and oxygen atoms in total. The predicted octanol–water partition coefficient (Wildman–Crippen LogP) is 2.17. The molecular weight excluding hydrogens is 324 g/mol. The summed E-state index contributed by atoms with van der Waals surface area (Å²) in [5, 5.41) is 25.7. The first kappa shape index (κ1) is 20.6. The average Bonchev–Trinajstić information content (AvgIpc) is 2.63. The Labute approximate surface area is 158 Å². The molecule has 0 aromatic heterocycles. The standard InChI is InChI=1S/C20H34N6/c1-15(2)25-9-5-18(6-10-25)23-20(17(13-21)14-22)24-19-7-11-26(12-8-19)16(3)4/h15-16,18-19,23-24H,5-12H2,1-4H3. The summed E-state index contributed by atoms with van der Waals surface area (Å²) in [5.41, 5.74) is 0.169.